The van der Waals surface area contributed by atoms with Crippen molar-refractivity contribution in [2.24, 2.45) is 0 Å². The monoisotopic (exact) mass is 422 g/mol. The van der Waals surface area contributed by atoms with Gasteiger partial charge in [-0.25, -0.2) is 0 Å². The Morgan fingerprint density at radius 2 is 0.906 bits per heavy atom. The van der Waals surface area contributed by atoms with Gasteiger partial charge in [-0.2, -0.15) is 0 Å². The van der Waals surface area contributed by atoms with Crippen LogP contribution in [0.1, 0.15) is 58.3 Å². The predicted molar refractivity (Wildman–Crippen MR) is 124 cm³/mol. The summed E-state index contributed by atoms with van der Waals surface area (Å²) in [5.41, 5.74) is 5.85. The molecule has 5 rings (SSSR count). The van der Waals surface area contributed by atoms with E-state index in [0.717, 1.165) is 34.2 Å². The summed E-state index contributed by atoms with van der Waals surface area (Å²) < 4.78 is 0. The van der Waals surface area contributed by atoms with Gasteiger partial charge in [0.15, 0.2) is 0 Å². The minimum Gasteiger partial charge on any atom is -0.297 e. The fourth-order valence-corrected chi connectivity index (χ4v) is 4.39. The van der Waals surface area contributed by atoms with Gasteiger partial charge in [0, 0.05) is 23.8 Å². The van der Waals surface area contributed by atoms with E-state index in [0.29, 0.717) is 0 Å². The summed E-state index contributed by atoms with van der Waals surface area (Å²) in [4.78, 5) is 19.0. The van der Waals surface area contributed by atoms with Crippen LogP contribution in [0, 0.1) is 13.8 Å². The molecule has 2 N–H and O–H groups in total. The number of aryl methyl sites for hydroxylation is 2. The first-order valence-electron chi connectivity index (χ1n) is 10.9. The summed E-state index contributed by atoms with van der Waals surface area (Å²) in [5.74, 6) is 0. The fraction of sp³-hybridized carbons (Fsp3) is 0.231. The third kappa shape index (κ3) is 4.15. The Labute approximate surface area is 188 Å². The highest BCUT2D eigenvalue weighted by molar-refractivity contribution is 5.28. The van der Waals surface area contributed by atoms with Crippen LogP contribution in [0.4, 0.5) is 0 Å². The molecule has 5 heterocycles. The number of pyridine rings is 4. The minimum atomic E-state index is -0.0869. The van der Waals surface area contributed by atoms with Gasteiger partial charge < -0.3 is 0 Å². The van der Waals surface area contributed by atoms with Gasteiger partial charge in [0.2, 0.25) is 0 Å². The van der Waals surface area contributed by atoms with Crippen molar-refractivity contribution >= 4 is 0 Å². The lowest BCUT2D eigenvalue weighted by atomic mass is 9.88. The molecule has 160 valence electrons. The summed E-state index contributed by atoms with van der Waals surface area (Å²) in [6.45, 7) is 4.04. The number of hydrogen-bond donors (Lipinski definition) is 2. The average Bonchev–Trinajstić information content (AvgIpc) is 2.84. The smallest absolute Gasteiger partial charge is 0.0714 e. The Balaban J connectivity index is 1.63. The average molecular weight is 423 g/mol. The van der Waals surface area contributed by atoms with Gasteiger partial charge in [-0.1, -0.05) is 24.3 Å². The highest BCUT2D eigenvalue weighted by Gasteiger charge is 2.41. The van der Waals surface area contributed by atoms with Crippen LogP contribution in [0.15, 0.2) is 85.2 Å². The predicted octanol–water partition coefficient (Wildman–Crippen LogP) is 4.34. The van der Waals surface area contributed by atoms with E-state index in [2.05, 4.69) is 57.0 Å². The van der Waals surface area contributed by atoms with E-state index in [-0.39, 0.29) is 24.2 Å². The molecule has 32 heavy (non-hydrogen) atoms. The highest BCUT2D eigenvalue weighted by Crippen LogP contribution is 2.41. The third-order valence-corrected chi connectivity index (χ3v) is 5.85. The first-order valence-corrected chi connectivity index (χ1v) is 10.9. The minimum absolute atomic E-state index is 0.0838. The summed E-state index contributed by atoms with van der Waals surface area (Å²) in [6, 6.07) is 24.0. The van der Waals surface area contributed by atoms with Crippen LogP contribution in [0.3, 0.4) is 0 Å². The molecule has 0 bridgehead atoms. The van der Waals surface area contributed by atoms with Gasteiger partial charge >= 0.3 is 0 Å². The maximum absolute atomic E-state index is 4.85. The van der Waals surface area contributed by atoms with Crippen molar-refractivity contribution in [1.29, 1.82) is 0 Å². The fourth-order valence-electron chi connectivity index (χ4n) is 4.39. The molecular formula is C26H26N6. The van der Waals surface area contributed by atoms with E-state index in [1.165, 1.54) is 0 Å². The van der Waals surface area contributed by atoms with Gasteiger partial charge in [0.1, 0.15) is 0 Å². The first kappa shape index (κ1) is 20.4. The van der Waals surface area contributed by atoms with E-state index in [1.807, 2.05) is 62.6 Å². The zero-order valence-corrected chi connectivity index (χ0v) is 18.2. The van der Waals surface area contributed by atoms with Crippen LogP contribution in [-0.4, -0.2) is 19.9 Å². The second-order valence-corrected chi connectivity index (χ2v) is 8.16. The van der Waals surface area contributed by atoms with E-state index < -0.39 is 0 Å². The van der Waals surface area contributed by atoms with Crippen molar-refractivity contribution in [3.63, 3.8) is 0 Å². The lowest BCUT2D eigenvalue weighted by molar-refractivity contribution is 0.200. The topological polar surface area (TPSA) is 75.6 Å². The maximum Gasteiger partial charge on any atom is 0.0714 e. The second kappa shape index (κ2) is 8.94. The van der Waals surface area contributed by atoms with Crippen LogP contribution in [0.5, 0.6) is 0 Å². The molecule has 1 fully saturated rings. The van der Waals surface area contributed by atoms with Gasteiger partial charge in [-0.05, 0) is 62.4 Å². The van der Waals surface area contributed by atoms with Crippen LogP contribution >= 0.6 is 0 Å². The molecule has 4 atom stereocenters. The van der Waals surface area contributed by atoms with Gasteiger partial charge in [-0.15, -0.1) is 0 Å². The van der Waals surface area contributed by atoms with E-state index in [1.54, 1.807) is 0 Å². The Morgan fingerprint density at radius 1 is 0.500 bits per heavy atom. The molecule has 0 unspecified atom stereocenters. The number of nitrogens with zero attached hydrogens (tertiary/aromatic N) is 4. The number of hydrogen-bond acceptors (Lipinski definition) is 6. The van der Waals surface area contributed by atoms with Crippen LogP contribution < -0.4 is 10.6 Å². The van der Waals surface area contributed by atoms with Crippen molar-refractivity contribution < 1.29 is 0 Å². The van der Waals surface area contributed by atoms with Crippen LogP contribution in [0.25, 0.3) is 0 Å². The lowest BCUT2D eigenvalue weighted by Gasteiger charge is -2.43. The molecule has 0 aliphatic carbocycles. The zero-order valence-electron chi connectivity index (χ0n) is 18.2. The van der Waals surface area contributed by atoms with E-state index in [9.17, 15) is 0 Å². The molecule has 1 saturated heterocycles. The normalized spacial score (nSPS) is 23.1. The number of aromatic nitrogens is 4. The quantitative estimate of drug-likeness (QED) is 0.510. The van der Waals surface area contributed by atoms with Crippen molar-refractivity contribution in [3.8, 4) is 0 Å². The zero-order chi connectivity index (χ0) is 21.9. The maximum atomic E-state index is 4.85. The van der Waals surface area contributed by atoms with Gasteiger partial charge in [0.25, 0.3) is 0 Å². The SMILES string of the molecule is Cc1cccc([C@H]2N[C@@H](c3ccccn3)[C@H](c3ccccn3)N[C@@H]2c2cccc(C)n2)n1. The molecule has 1 aliphatic rings. The Bertz CT molecular complexity index is 1090. The Hall–Kier alpha value is -3.48. The molecule has 1 aliphatic heterocycles. The second-order valence-electron chi connectivity index (χ2n) is 8.16. The molecule has 0 amide bonds. The number of nitrogens with one attached hydrogen (secondary N) is 2. The summed E-state index contributed by atoms with van der Waals surface area (Å²) in [7, 11) is 0. The number of rotatable bonds is 4. The molecule has 0 spiro atoms. The molecule has 4 aromatic rings. The van der Waals surface area contributed by atoms with E-state index in [4.69, 9.17) is 9.97 Å². The number of piperazine rings is 1. The highest BCUT2D eigenvalue weighted by atomic mass is 15.2. The molecule has 0 saturated carbocycles. The largest absolute Gasteiger partial charge is 0.297 e. The van der Waals surface area contributed by atoms with E-state index >= 15 is 0 Å². The Morgan fingerprint density at radius 3 is 1.28 bits per heavy atom. The molecule has 4 aromatic heterocycles. The van der Waals surface area contributed by atoms with Crippen molar-refractivity contribution in [3.05, 3.63) is 119 Å². The molecule has 6 nitrogen and oxygen atoms in total. The Kier molecular flexibility index (Phi) is 5.71. The van der Waals surface area contributed by atoms with Gasteiger partial charge in [-0.3, -0.25) is 30.6 Å². The first-order chi connectivity index (χ1) is 15.7. The van der Waals surface area contributed by atoms with Crippen LogP contribution in [-0.2, 0) is 0 Å². The van der Waals surface area contributed by atoms with Crippen LogP contribution in [0.2, 0.25) is 0 Å². The summed E-state index contributed by atoms with van der Waals surface area (Å²) in [6.07, 6.45) is 3.67. The molecule has 0 aromatic carbocycles. The van der Waals surface area contributed by atoms with Crippen molar-refractivity contribution in [1.82, 2.24) is 30.6 Å². The summed E-state index contributed by atoms with van der Waals surface area (Å²) >= 11 is 0. The van der Waals surface area contributed by atoms with Gasteiger partial charge in [0.05, 0.1) is 46.9 Å². The summed E-state index contributed by atoms with van der Waals surface area (Å²) in [5, 5.41) is 7.72. The van der Waals surface area contributed by atoms with Crippen molar-refractivity contribution in [2.75, 3.05) is 0 Å². The standard InChI is InChI=1S/C26H26N6/c1-17-9-7-13-21(29-17)25-26(22-14-8-10-18(2)30-22)32-24(20-12-4-6-16-28-20)23(31-25)19-11-3-5-15-27-19/h3-16,23-26,31-32H,1-2H3/t23-,24-,25+,26+/m0/s1. The lowest BCUT2D eigenvalue weighted by Crippen LogP contribution is -2.50. The molecular weight excluding hydrogens is 396 g/mol. The van der Waals surface area contributed by atoms with Crippen molar-refractivity contribution in [2.45, 2.75) is 38.0 Å². The third-order valence-electron chi connectivity index (χ3n) is 5.85. The molecule has 0 radical (unpaired) electrons. The molecule has 6 heteroatoms.